The van der Waals surface area contributed by atoms with Gasteiger partial charge in [-0.1, -0.05) is 88.2 Å². The van der Waals surface area contributed by atoms with Gasteiger partial charge in [-0.25, -0.2) is 0 Å². The number of allylic oxidation sites excluding steroid dienone is 1. The van der Waals surface area contributed by atoms with E-state index in [1.807, 2.05) is 30.3 Å². The van der Waals surface area contributed by atoms with Gasteiger partial charge in [0.05, 0.1) is 11.5 Å². The van der Waals surface area contributed by atoms with Crippen LogP contribution in [0.1, 0.15) is 83.4 Å². The van der Waals surface area contributed by atoms with Gasteiger partial charge in [0.25, 0.3) is 0 Å². The monoisotopic (exact) mass is 499 g/mol. The quantitative estimate of drug-likeness (QED) is 0.315. The molecule has 1 amide bonds. The van der Waals surface area contributed by atoms with E-state index in [4.69, 9.17) is 23.2 Å². The van der Waals surface area contributed by atoms with Crippen molar-refractivity contribution in [2.24, 2.45) is 17.3 Å². The molecule has 0 spiro atoms. The normalized spacial score (nSPS) is 24.8. The van der Waals surface area contributed by atoms with Crippen molar-refractivity contribution in [3.63, 3.8) is 0 Å². The highest BCUT2D eigenvalue weighted by atomic mass is 35.5. The van der Waals surface area contributed by atoms with E-state index in [0.717, 1.165) is 29.8 Å². The Kier molecular flexibility index (Phi) is 8.93. The molecular formula is C30H39Cl2NO. The van der Waals surface area contributed by atoms with Gasteiger partial charge in [0.2, 0.25) is 5.91 Å². The molecule has 0 aliphatic carbocycles. The van der Waals surface area contributed by atoms with Crippen LogP contribution in [-0.4, -0.2) is 16.8 Å². The largest absolute Gasteiger partial charge is 0.331 e. The van der Waals surface area contributed by atoms with Gasteiger partial charge in [-0.3, -0.25) is 4.79 Å². The first kappa shape index (κ1) is 26.8. The van der Waals surface area contributed by atoms with Crippen LogP contribution in [0.3, 0.4) is 0 Å². The van der Waals surface area contributed by atoms with Crippen molar-refractivity contribution >= 4 is 29.1 Å². The van der Waals surface area contributed by atoms with Gasteiger partial charge in [0.1, 0.15) is 0 Å². The minimum absolute atomic E-state index is 0.0827. The molecule has 0 saturated carbocycles. The van der Waals surface area contributed by atoms with Gasteiger partial charge in [0.15, 0.2) is 0 Å². The van der Waals surface area contributed by atoms with Gasteiger partial charge in [-0.15, -0.1) is 6.58 Å². The molecule has 0 aromatic heterocycles. The predicted octanol–water partition coefficient (Wildman–Crippen LogP) is 9.09. The predicted molar refractivity (Wildman–Crippen MR) is 145 cm³/mol. The zero-order valence-electron chi connectivity index (χ0n) is 21.2. The zero-order valence-corrected chi connectivity index (χ0v) is 22.7. The molecular weight excluding hydrogens is 461 g/mol. The molecule has 1 aliphatic heterocycles. The van der Waals surface area contributed by atoms with Crippen LogP contribution in [0, 0.1) is 17.3 Å². The first-order chi connectivity index (χ1) is 16.1. The summed E-state index contributed by atoms with van der Waals surface area (Å²) >= 11 is 12.7. The summed E-state index contributed by atoms with van der Waals surface area (Å²) in [5.74, 6) is 1.30. The first-order valence-corrected chi connectivity index (χ1v) is 13.3. The third-order valence-electron chi connectivity index (χ3n) is 7.46. The van der Waals surface area contributed by atoms with Gasteiger partial charge in [-0.2, -0.15) is 0 Å². The smallest absolute Gasteiger partial charge is 0.229 e. The molecule has 34 heavy (non-hydrogen) atoms. The Hall–Kier alpha value is -1.77. The maximum Gasteiger partial charge on any atom is 0.229 e. The number of carbonyl (C=O) groups is 1. The number of piperidine rings is 1. The lowest BCUT2D eigenvalue weighted by molar-refractivity contribution is -0.156. The molecule has 1 aliphatic rings. The number of carbonyl (C=O) groups excluding carboxylic acids is 1. The van der Waals surface area contributed by atoms with Crippen LogP contribution in [0.2, 0.25) is 10.0 Å². The summed E-state index contributed by atoms with van der Waals surface area (Å²) in [5, 5.41) is 1.43. The molecule has 2 nitrogen and oxygen atoms in total. The Morgan fingerprint density at radius 2 is 1.76 bits per heavy atom. The molecule has 184 valence electrons. The first-order valence-electron chi connectivity index (χ1n) is 12.6. The van der Waals surface area contributed by atoms with E-state index in [2.05, 4.69) is 70.4 Å². The van der Waals surface area contributed by atoms with Gasteiger partial charge in [0, 0.05) is 22.0 Å². The number of likely N-dealkylation sites (tertiary alicyclic amines) is 1. The average molecular weight is 501 g/mol. The van der Waals surface area contributed by atoms with E-state index >= 15 is 0 Å². The van der Waals surface area contributed by atoms with Crippen molar-refractivity contribution in [1.29, 1.82) is 0 Å². The van der Waals surface area contributed by atoms with Crippen LogP contribution >= 0.6 is 23.2 Å². The van der Waals surface area contributed by atoms with Gasteiger partial charge < -0.3 is 4.90 Å². The Labute approximate surface area is 216 Å². The highest BCUT2D eigenvalue weighted by molar-refractivity contribution is 6.30. The van der Waals surface area contributed by atoms with Gasteiger partial charge in [-0.05, 0) is 72.9 Å². The number of halogens is 2. The van der Waals surface area contributed by atoms with Crippen LogP contribution in [0.15, 0.2) is 61.2 Å². The molecule has 1 fully saturated rings. The van der Waals surface area contributed by atoms with Crippen LogP contribution in [0.25, 0.3) is 0 Å². The van der Waals surface area contributed by atoms with E-state index in [-0.39, 0.29) is 23.9 Å². The minimum Gasteiger partial charge on any atom is -0.331 e. The van der Waals surface area contributed by atoms with E-state index in [1.54, 1.807) is 0 Å². The Bertz CT molecular complexity index is 986. The van der Waals surface area contributed by atoms with Crippen molar-refractivity contribution in [1.82, 2.24) is 4.90 Å². The second kappa shape index (κ2) is 11.3. The molecule has 5 atom stereocenters. The average Bonchev–Trinajstić information content (AvgIpc) is 2.77. The van der Waals surface area contributed by atoms with Crippen LogP contribution in [0.5, 0.6) is 0 Å². The lowest BCUT2D eigenvalue weighted by Crippen LogP contribution is -2.57. The molecule has 1 unspecified atom stereocenters. The van der Waals surface area contributed by atoms with Gasteiger partial charge >= 0.3 is 0 Å². The Morgan fingerprint density at radius 1 is 1.09 bits per heavy atom. The molecule has 1 saturated heterocycles. The lowest BCUT2D eigenvalue weighted by Gasteiger charge is -2.53. The Balaban J connectivity index is 2.23. The molecule has 4 heteroatoms. The number of benzene rings is 2. The standard InChI is InChI=1S/C30H39Cl2NO/c1-7-16-30(6)19-26(23-10-9-11-25(32)18-23)28(22-12-14-24(31)15-13-22)33(29(30)34)27(8-2)21(5)17-20(3)4/h7,9-15,18,20-21,26-28H,1,8,16-17,19H2,2-6H3/t21?,26-,27+,28-,30+/m1/s1. The second-order valence-corrected chi connectivity index (χ2v) is 11.6. The van der Waals surface area contributed by atoms with Crippen molar-refractivity contribution in [2.45, 2.75) is 78.3 Å². The van der Waals surface area contributed by atoms with Crippen molar-refractivity contribution < 1.29 is 4.79 Å². The maximum atomic E-state index is 14.3. The summed E-state index contributed by atoms with van der Waals surface area (Å²) in [5.41, 5.74) is 1.79. The summed E-state index contributed by atoms with van der Waals surface area (Å²) in [7, 11) is 0. The maximum absolute atomic E-state index is 14.3. The number of nitrogens with zero attached hydrogens (tertiary/aromatic N) is 1. The number of amides is 1. The molecule has 0 bridgehead atoms. The summed E-state index contributed by atoms with van der Waals surface area (Å²) < 4.78 is 0. The molecule has 2 aromatic carbocycles. The Morgan fingerprint density at radius 3 is 2.32 bits per heavy atom. The van der Waals surface area contributed by atoms with Crippen LogP contribution < -0.4 is 0 Å². The fourth-order valence-electron chi connectivity index (χ4n) is 6.03. The number of rotatable bonds is 9. The molecule has 0 radical (unpaired) electrons. The minimum atomic E-state index is -0.511. The van der Waals surface area contributed by atoms with E-state index < -0.39 is 5.41 Å². The van der Waals surface area contributed by atoms with Crippen molar-refractivity contribution in [3.8, 4) is 0 Å². The third-order valence-corrected chi connectivity index (χ3v) is 7.95. The molecule has 3 rings (SSSR count). The summed E-state index contributed by atoms with van der Waals surface area (Å²) in [6, 6.07) is 16.2. The van der Waals surface area contributed by atoms with Crippen molar-refractivity contribution in [2.75, 3.05) is 0 Å². The molecule has 2 aromatic rings. The van der Waals surface area contributed by atoms with Crippen molar-refractivity contribution in [3.05, 3.63) is 82.4 Å². The second-order valence-electron chi connectivity index (χ2n) is 10.7. The highest BCUT2D eigenvalue weighted by Gasteiger charge is 2.51. The summed E-state index contributed by atoms with van der Waals surface area (Å²) in [6.07, 6.45) is 5.29. The number of hydrogen-bond donors (Lipinski definition) is 0. The highest BCUT2D eigenvalue weighted by Crippen LogP contribution is 2.53. The zero-order chi connectivity index (χ0) is 25.0. The SMILES string of the molecule is C=CC[C@@]1(C)C[C@H](c2cccc(Cl)c2)[C@@H](c2ccc(Cl)cc2)N([C@@H](CC)C(C)CC(C)C)C1=O. The van der Waals surface area contributed by atoms with E-state index in [0.29, 0.717) is 23.3 Å². The lowest BCUT2D eigenvalue weighted by atomic mass is 9.66. The fraction of sp³-hybridized carbons (Fsp3) is 0.500. The summed E-state index contributed by atoms with van der Waals surface area (Å²) in [6.45, 7) is 15.1. The van der Waals surface area contributed by atoms with E-state index in [9.17, 15) is 4.79 Å². The van der Waals surface area contributed by atoms with Crippen LogP contribution in [-0.2, 0) is 4.79 Å². The topological polar surface area (TPSA) is 20.3 Å². The van der Waals surface area contributed by atoms with E-state index in [1.165, 1.54) is 5.56 Å². The fourth-order valence-corrected chi connectivity index (χ4v) is 6.35. The summed E-state index contributed by atoms with van der Waals surface area (Å²) in [4.78, 5) is 16.6. The number of hydrogen-bond acceptors (Lipinski definition) is 1. The molecule has 1 heterocycles. The third kappa shape index (κ3) is 5.71. The van der Waals surface area contributed by atoms with Crippen LogP contribution in [0.4, 0.5) is 0 Å². The molecule has 0 N–H and O–H groups in total.